The second kappa shape index (κ2) is 15.1. The minimum Gasteiger partial charge on any atom is -0.484 e. The lowest BCUT2D eigenvalue weighted by atomic mass is 10.1. The molecule has 4 heterocycles. The summed E-state index contributed by atoms with van der Waals surface area (Å²) in [4.78, 5) is 48.1. The molecule has 1 aromatic heterocycles. The van der Waals surface area contributed by atoms with Gasteiger partial charge in [0.05, 0.1) is 31.1 Å². The van der Waals surface area contributed by atoms with E-state index in [0.717, 1.165) is 62.3 Å². The maximum Gasteiger partial charge on any atom is 0.334 e. The van der Waals surface area contributed by atoms with E-state index < -0.39 is 0 Å². The molecule has 49 heavy (non-hydrogen) atoms. The maximum absolute atomic E-state index is 14.8. The molecule has 11 nitrogen and oxygen atoms in total. The van der Waals surface area contributed by atoms with Crippen LogP contribution in [0.15, 0.2) is 83.7 Å². The van der Waals surface area contributed by atoms with Crippen molar-refractivity contribution in [2.24, 2.45) is 0 Å². The molecule has 11 heteroatoms. The van der Waals surface area contributed by atoms with Crippen LogP contribution in [0.5, 0.6) is 5.75 Å². The van der Waals surface area contributed by atoms with E-state index in [2.05, 4.69) is 10.2 Å². The molecule has 7 rings (SSSR count). The quantitative estimate of drug-likeness (QED) is 0.292. The Morgan fingerprint density at radius 1 is 0.755 bits per heavy atom. The minimum absolute atomic E-state index is 0.0193. The zero-order valence-corrected chi connectivity index (χ0v) is 27.9. The Morgan fingerprint density at radius 2 is 1.49 bits per heavy atom. The average molecular weight is 665 g/mol. The van der Waals surface area contributed by atoms with Crippen LogP contribution in [0.1, 0.15) is 35.3 Å². The van der Waals surface area contributed by atoms with Gasteiger partial charge in [-0.25, -0.2) is 4.79 Å². The lowest BCUT2D eigenvalue weighted by molar-refractivity contribution is -0.134. The first-order valence-corrected chi connectivity index (χ1v) is 17.4. The number of amides is 2. The number of ether oxygens (including phenoxy) is 2. The first-order chi connectivity index (χ1) is 24.1. The topological polar surface area (TPSA) is 101 Å². The highest BCUT2D eigenvalue weighted by molar-refractivity contribution is 5.99. The number of likely N-dealkylation sites (tertiary alicyclic amines) is 1. The van der Waals surface area contributed by atoms with Gasteiger partial charge in [-0.3, -0.25) is 18.7 Å². The van der Waals surface area contributed by atoms with Gasteiger partial charge in [0.15, 0.2) is 6.61 Å². The summed E-state index contributed by atoms with van der Waals surface area (Å²) in [7, 11) is 0. The Hall–Kier alpha value is -4.87. The molecule has 0 bridgehead atoms. The summed E-state index contributed by atoms with van der Waals surface area (Å²) < 4.78 is 14.8. The summed E-state index contributed by atoms with van der Waals surface area (Å²) >= 11 is 0. The molecule has 4 aromatic rings. The first kappa shape index (κ1) is 32.7. The van der Waals surface area contributed by atoms with Crippen molar-refractivity contribution in [1.29, 1.82) is 0 Å². The van der Waals surface area contributed by atoms with Crippen LogP contribution in [0.4, 0.5) is 5.69 Å². The molecule has 0 saturated carbocycles. The van der Waals surface area contributed by atoms with E-state index in [-0.39, 0.29) is 30.7 Å². The molecule has 3 aliphatic rings. The lowest BCUT2D eigenvalue weighted by Crippen LogP contribution is -2.47. The van der Waals surface area contributed by atoms with Crippen LogP contribution >= 0.6 is 0 Å². The summed E-state index contributed by atoms with van der Waals surface area (Å²) in [6, 6.07) is 25.1. The van der Waals surface area contributed by atoms with Crippen molar-refractivity contribution in [3.8, 4) is 22.7 Å². The van der Waals surface area contributed by atoms with E-state index >= 15 is 0 Å². The Balaban J connectivity index is 1.29. The number of piperazine rings is 1. The fourth-order valence-corrected chi connectivity index (χ4v) is 6.97. The lowest BCUT2D eigenvalue weighted by Gasteiger charge is -2.29. The first-order valence-electron chi connectivity index (χ1n) is 17.4. The van der Waals surface area contributed by atoms with E-state index in [1.54, 1.807) is 9.13 Å². The molecule has 1 N–H and O–H groups in total. The van der Waals surface area contributed by atoms with Gasteiger partial charge < -0.3 is 29.5 Å². The van der Waals surface area contributed by atoms with Gasteiger partial charge in [-0.2, -0.15) is 0 Å². The van der Waals surface area contributed by atoms with Crippen LogP contribution in [0.3, 0.4) is 0 Å². The van der Waals surface area contributed by atoms with Gasteiger partial charge in [-0.05, 0) is 55.2 Å². The Kier molecular flexibility index (Phi) is 10.1. The highest BCUT2D eigenvalue weighted by Gasteiger charge is 2.31. The number of piperidine rings is 1. The van der Waals surface area contributed by atoms with Crippen molar-refractivity contribution < 1.29 is 19.1 Å². The van der Waals surface area contributed by atoms with E-state index in [1.165, 1.54) is 0 Å². The molecule has 0 atom stereocenters. The van der Waals surface area contributed by atoms with Crippen LogP contribution < -0.4 is 20.6 Å². The van der Waals surface area contributed by atoms with Crippen molar-refractivity contribution in [2.75, 3.05) is 77.1 Å². The van der Waals surface area contributed by atoms with Crippen LogP contribution in [-0.2, 0) is 16.1 Å². The molecule has 0 radical (unpaired) electrons. The number of carbonyl (C=O) groups excluding carboxylic acids is 2. The highest BCUT2D eigenvalue weighted by atomic mass is 16.5. The predicted molar refractivity (Wildman–Crippen MR) is 189 cm³/mol. The summed E-state index contributed by atoms with van der Waals surface area (Å²) in [6.07, 6.45) is 3.19. The van der Waals surface area contributed by atoms with Gasteiger partial charge in [0.25, 0.3) is 11.8 Å². The third-order valence-electron chi connectivity index (χ3n) is 9.57. The smallest absolute Gasteiger partial charge is 0.334 e. The van der Waals surface area contributed by atoms with Crippen LogP contribution in [-0.4, -0.2) is 103 Å². The van der Waals surface area contributed by atoms with Crippen molar-refractivity contribution >= 4 is 17.5 Å². The highest BCUT2D eigenvalue weighted by Crippen LogP contribution is 2.30. The van der Waals surface area contributed by atoms with Gasteiger partial charge in [-0.15, -0.1) is 0 Å². The fourth-order valence-electron chi connectivity index (χ4n) is 6.97. The Labute approximate surface area is 286 Å². The van der Waals surface area contributed by atoms with Crippen LogP contribution in [0.2, 0.25) is 0 Å². The number of rotatable bonds is 9. The molecular formula is C38H44N6O5. The standard InChI is InChI=1S/C38H44N6O5/c45-34(41-17-5-2-6-18-41)28-49-33-14-7-9-29(25-33)27-43-36(37(46)42-19-15-39-16-20-42)35(30-10-3-1-4-11-30)44(38(43)47)32-13-8-12-31(26-32)40-21-23-48-24-22-40/h1,3-4,7-14,25-26,39H,2,5-6,15-24,27-28H2. The average Bonchev–Trinajstić information content (AvgIpc) is 3.46. The molecular weight excluding hydrogens is 620 g/mol. The van der Waals surface area contributed by atoms with Gasteiger partial charge >= 0.3 is 5.69 Å². The monoisotopic (exact) mass is 664 g/mol. The minimum atomic E-state index is -0.303. The number of hydrogen-bond donors (Lipinski definition) is 1. The molecule has 256 valence electrons. The number of aromatic nitrogens is 2. The predicted octanol–water partition coefficient (Wildman–Crippen LogP) is 3.63. The fraction of sp³-hybridized carbons (Fsp3) is 0.395. The van der Waals surface area contributed by atoms with Crippen LogP contribution in [0, 0.1) is 0 Å². The molecule has 0 spiro atoms. The van der Waals surface area contributed by atoms with Gasteiger partial charge in [0.1, 0.15) is 11.4 Å². The number of morpholine rings is 1. The van der Waals surface area contributed by atoms with Crippen molar-refractivity contribution in [1.82, 2.24) is 24.3 Å². The molecule has 3 saturated heterocycles. The van der Waals surface area contributed by atoms with E-state index in [1.807, 2.05) is 88.7 Å². The van der Waals surface area contributed by atoms with Gasteiger partial charge in [0, 0.05) is 63.6 Å². The van der Waals surface area contributed by atoms with Crippen molar-refractivity contribution in [3.63, 3.8) is 0 Å². The molecule has 0 aliphatic carbocycles. The molecule has 0 unspecified atom stereocenters. The van der Waals surface area contributed by atoms with E-state index in [0.29, 0.717) is 62.2 Å². The number of benzene rings is 3. The normalized spacial score (nSPS) is 16.9. The molecule has 3 aromatic carbocycles. The van der Waals surface area contributed by atoms with Crippen molar-refractivity contribution in [2.45, 2.75) is 25.8 Å². The van der Waals surface area contributed by atoms with Gasteiger partial charge in [0.2, 0.25) is 0 Å². The molecule has 2 amide bonds. The number of nitrogens with one attached hydrogen (secondary N) is 1. The Morgan fingerprint density at radius 3 is 2.27 bits per heavy atom. The summed E-state index contributed by atoms with van der Waals surface area (Å²) in [5.41, 5.74) is 3.87. The zero-order valence-electron chi connectivity index (χ0n) is 27.9. The molecule has 3 aliphatic heterocycles. The van der Waals surface area contributed by atoms with E-state index in [9.17, 15) is 14.4 Å². The second-order valence-electron chi connectivity index (χ2n) is 12.8. The summed E-state index contributed by atoms with van der Waals surface area (Å²) in [6.45, 7) is 6.95. The summed E-state index contributed by atoms with van der Waals surface area (Å²) in [5.74, 6) is 0.348. The second-order valence-corrected chi connectivity index (χ2v) is 12.8. The third-order valence-corrected chi connectivity index (χ3v) is 9.57. The number of carbonyl (C=O) groups is 2. The summed E-state index contributed by atoms with van der Waals surface area (Å²) in [5, 5.41) is 3.33. The van der Waals surface area contributed by atoms with Crippen LogP contribution in [0.25, 0.3) is 16.9 Å². The third kappa shape index (κ3) is 7.28. The number of hydrogen-bond acceptors (Lipinski definition) is 7. The molecule has 3 fully saturated rings. The zero-order chi connectivity index (χ0) is 33.6. The number of imidazole rings is 1. The van der Waals surface area contributed by atoms with Crippen molar-refractivity contribution in [3.05, 3.63) is 101 Å². The van der Waals surface area contributed by atoms with E-state index in [4.69, 9.17) is 9.47 Å². The SMILES string of the molecule is O=C(COc1cccc(Cn2c(C(=O)N3CCNCC3)c(-c3ccccc3)n(-c3cccc(N4CCOCC4)c3)c2=O)c1)N1CCCCC1. The maximum atomic E-state index is 14.8. The Bertz CT molecular complexity index is 1820. The number of anilines is 1. The number of nitrogens with zero attached hydrogens (tertiary/aromatic N) is 5. The largest absolute Gasteiger partial charge is 0.484 e. The van der Waals surface area contributed by atoms with Gasteiger partial charge in [-0.1, -0.05) is 48.5 Å².